The number of carboxylic acids is 1. The van der Waals surface area contributed by atoms with Crippen molar-refractivity contribution in [3.63, 3.8) is 0 Å². The smallest absolute Gasteiger partial charge is 0.342 e. The molecule has 4 atom stereocenters. The van der Waals surface area contributed by atoms with Gasteiger partial charge in [-0.15, -0.1) is 0 Å². The Hall–Kier alpha value is -3.19. The fourth-order valence-corrected chi connectivity index (χ4v) is 7.89. The fourth-order valence-electron chi connectivity index (χ4n) is 7.89. The molecule has 278 valence electrons. The quantitative estimate of drug-likeness (QED) is 0.0557. The third-order valence-corrected chi connectivity index (χ3v) is 9.99. The summed E-state index contributed by atoms with van der Waals surface area (Å²) in [6, 6.07) is 0. The molecule has 1 amide bonds. The van der Waals surface area contributed by atoms with E-state index in [2.05, 4.69) is 61.8 Å². The molecule has 0 spiro atoms. The van der Waals surface area contributed by atoms with Gasteiger partial charge in [0.2, 0.25) is 5.90 Å². The van der Waals surface area contributed by atoms with Gasteiger partial charge in [0.15, 0.2) is 5.84 Å². The molecule has 2 aliphatic carbocycles. The molecule has 0 saturated heterocycles. The number of anilines is 1. The van der Waals surface area contributed by atoms with Crippen LogP contribution in [0.2, 0.25) is 0 Å². The van der Waals surface area contributed by atoms with Gasteiger partial charge in [-0.05, 0) is 110 Å². The SMILES string of the molecule is CC(=O)Nc1[n-]c(C=C2N=C(N=C(O)COCC(=O)O)C(C(=O)OC3C(C)CC(C)CC3C)=C2C)c(C)c1COOC1C(C)CC(C)CC1C.[Zn]. The number of amidine groups is 1. The first-order valence-corrected chi connectivity index (χ1v) is 17.6. The maximum absolute atomic E-state index is 13.8. The molecule has 2 saturated carbocycles. The van der Waals surface area contributed by atoms with E-state index in [-0.39, 0.29) is 67.4 Å². The average molecular weight is 763 g/mol. The number of esters is 1. The van der Waals surface area contributed by atoms with Gasteiger partial charge in [-0.1, -0.05) is 47.4 Å². The van der Waals surface area contributed by atoms with E-state index >= 15 is 0 Å². The summed E-state index contributed by atoms with van der Waals surface area (Å²) in [4.78, 5) is 61.9. The molecule has 3 aliphatic rings. The topological polar surface area (TPSA) is 179 Å². The van der Waals surface area contributed by atoms with E-state index in [9.17, 15) is 19.5 Å². The third kappa shape index (κ3) is 10.9. The summed E-state index contributed by atoms with van der Waals surface area (Å²) in [6.07, 6.45) is 5.30. The number of carbonyl (C=O) groups is 3. The summed E-state index contributed by atoms with van der Waals surface area (Å²) in [6.45, 7) is 16.8. The summed E-state index contributed by atoms with van der Waals surface area (Å²) in [7, 11) is 0. The first-order valence-electron chi connectivity index (χ1n) is 17.6. The van der Waals surface area contributed by atoms with Gasteiger partial charge in [0, 0.05) is 19.5 Å². The largest absolute Gasteiger partial charge is 0.495 e. The van der Waals surface area contributed by atoms with Gasteiger partial charge in [0.05, 0.1) is 11.8 Å². The van der Waals surface area contributed by atoms with Crippen LogP contribution in [-0.2, 0) is 59.7 Å². The zero-order valence-corrected chi connectivity index (χ0v) is 34.4. The number of aliphatic hydroxyl groups excluding tert-OH is 1. The molecule has 1 aromatic heterocycles. The van der Waals surface area contributed by atoms with Crippen LogP contribution in [0.25, 0.3) is 6.08 Å². The Morgan fingerprint density at radius 2 is 1.49 bits per heavy atom. The second kappa shape index (κ2) is 18.5. The summed E-state index contributed by atoms with van der Waals surface area (Å²) in [5.74, 6) is -0.307. The van der Waals surface area contributed by atoms with Gasteiger partial charge in [0.1, 0.15) is 37.4 Å². The second-order valence-corrected chi connectivity index (χ2v) is 14.8. The minimum atomic E-state index is -1.20. The average Bonchev–Trinajstić information content (AvgIpc) is 3.45. The van der Waals surface area contributed by atoms with Crippen molar-refractivity contribution in [3.05, 3.63) is 33.7 Å². The molecule has 1 aliphatic heterocycles. The Kier molecular flexibility index (Phi) is 15.3. The van der Waals surface area contributed by atoms with Crippen LogP contribution in [-0.4, -0.2) is 65.2 Å². The Bertz CT molecular complexity index is 1540. The van der Waals surface area contributed by atoms with Crippen LogP contribution in [0, 0.1) is 42.4 Å². The fraction of sp³-hybridized carbons (Fsp3) is 0.649. The number of rotatable bonds is 12. The number of hydrogen-bond acceptors (Lipinski definition) is 9. The third-order valence-electron chi connectivity index (χ3n) is 9.99. The Labute approximate surface area is 313 Å². The van der Waals surface area contributed by atoms with Crippen molar-refractivity contribution in [3.8, 4) is 0 Å². The van der Waals surface area contributed by atoms with Crippen molar-refractivity contribution in [1.29, 1.82) is 0 Å². The Morgan fingerprint density at radius 1 is 0.922 bits per heavy atom. The Balaban J connectivity index is 0.00000702. The summed E-state index contributed by atoms with van der Waals surface area (Å²) in [5, 5.41) is 22.2. The van der Waals surface area contributed by atoms with Gasteiger partial charge < -0.3 is 30.0 Å². The van der Waals surface area contributed by atoms with Crippen LogP contribution in [0.15, 0.2) is 26.8 Å². The number of allylic oxidation sites excluding steroid dienone is 1. The van der Waals surface area contributed by atoms with Crippen LogP contribution in [0.1, 0.15) is 97.9 Å². The molecular formula is C37H53N4O9Zn-. The minimum Gasteiger partial charge on any atom is -0.495 e. The molecule has 3 N–H and O–H groups in total. The zero-order valence-electron chi connectivity index (χ0n) is 31.4. The van der Waals surface area contributed by atoms with E-state index in [1.54, 1.807) is 13.0 Å². The van der Waals surface area contributed by atoms with E-state index in [0.717, 1.165) is 31.2 Å². The molecule has 4 rings (SSSR count). The van der Waals surface area contributed by atoms with Gasteiger partial charge in [-0.3, -0.25) is 4.79 Å². The predicted molar refractivity (Wildman–Crippen MR) is 188 cm³/mol. The van der Waals surface area contributed by atoms with Crippen LogP contribution in [0.5, 0.6) is 0 Å². The van der Waals surface area contributed by atoms with E-state index in [1.165, 1.54) is 6.92 Å². The van der Waals surface area contributed by atoms with Gasteiger partial charge >= 0.3 is 11.9 Å². The monoisotopic (exact) mass is 761 g/mol. The molecule has 2 fully saturated rings. The Morgan fingerprint density at radius 3 is 2.04 bits per heavy atom. The molecule has 0 aromatic carbocycles. The number of ether oxygens (including phenoxy) is 2. The summed E-state index contributed by atoms with van der Waals surface area (Å²) < 4.78 is 11.1. The minimum absolute atomic E-state index is 0. The van der Waals surface area contributed by atoms with E-state index in [4.69, 9.17) is 24.4 Å². The molecule has 51 heavy (non-hydrogen) atoms. The van der Waals surface area contributed by atoms with Crippen LogP contribution in [0.4, 0.5) is 5.82 Å². The second-order valence-electron chi connectivity index (χ2n) is 14.8. The molecule has 2 heterocycles. The molecule has 0 radical (unpaired) electrons. The zero-order chi connectivity index (χ0) is 36.9. The molecule has 14 heteroatoms. The van der Waals surface area contributed by atoms with Crippen molar-refractivity contribution in [2.24, 2.45) is 45.5 Å². The first-order chi connectivity index (χ1) is 23.5. The van der Waals surface area contributed by atoms with Crippen molar-refractivity contribution < 1.29 is 63.3 Å². The van der Waals surface area contributed by atoms with Gasteiger partial charge in [-0.2, -0.15) is 4.99 Å². The van der Waals surface area contributed by atoms with Gasteiger partial charge in [0.25, 0.3) is 0 Å². The van der Waals surface area contributed by atoms with Crippen molar-refractivity contribution in [2.75, 3.05) is 18.5 Å². The normalized spacial score (nSPS) is 29.1. The van der Waals surface area contributed by atoms with Crippen LogP contribution < -0.4 is 10.3 Å². The maximum Gasteiger partial charge on any atom is 0.342 e. The van der Waals surface area contributed by atoms with E-state index in [1.807, 2.05) is 6.92 Å². The number of hydrogen-bond donors (Lipinski definition) is 3. The van der Waals surface area contributed by atoms with Crippen molar-refractivity contribution in [1.82, 2.24) is 4.98 Å². The molecule has 13 nitrogen and oxygen atoms in total. The molecular weight excluding hydrogens is 710 g/mol. The predicted octanol–water partition coefficient (Wildman–Crippen LogP) is 6.17. The number of aliphatic carboxylic acids is 1. The number of carboxylic acid groups (broad SMARTS) is 1. The molecule has 4 unspecified atom stereocenters. The maximum atomic E-state index is 13.8. The van der Waals surface area contributed by atoms with E-state index < -0.39 is 31.1 Å². The first kappa shape index (κ1) is 42.2. The number of aliphatic imine (C=N–C) groups is 2. The van der Waals surface area contributed by atoms with E-state index in [0.29, 0.717) is 52.0 Å². The van der Waals surface area contributed by atoms with Crippen molar-refractivity contribution in [2.45, 2.75) is 107 Å². The van der Waals surface area contributed by atoms with Gasteiger partial charge in [-0.25, -0.2) is 24.4 Å². The van der Waals surface area contributed by atoms with Crippen molar-refractivity contribution >= 4 is 41.5 Å². The van der Waals surface area contributed by atoms with Crippen LogP contribution in [0.3, 0.4) is 0 Å². The number of nitrogens with one attached hydrogen (secondary N) is 1. The summed E-state index contributed by atoms with van der Waals surface area (Å²) >= 11 is 0. The summed E-state index contributed by atoms with van der Waals surface area (Å²) in [5.41, 5.74) is 2.72. The number of aromatic nitrogens is 1. The molecule has 0 bridgehead atoms. The number of carbonyl (C=O) groups excluding carboxylic acids is 2. The number of nitrogens with zero attached hydrogens (tertiary/aromatic N) is 3. The number of aliphatic hydroxyl groups is 1. The van der Waals surface area contributed by atoms with Crippen LogP contribution >= 0.6 is 0 Å². The number of amides is 1. The molecule has 1 aromatic rings. The standard InChI is InChI=1S/C37H54N4O9.Zn/c1-18-10-20(3)33(21(4)11-18)49-37(46)32-25(8)29(40-36(32)41-30(43)16-47-17-31(44)45)14-28-24(7)27(35(39-28)38-26(9)42)15-48-50-34-22(5)12-19(2)13-23(34)6;/h14,18-23,33-34H,10-13,15-17H2,1-9H3,(H4,38,39,40,41,42,43,44,45,46);/p-1.